The maximum absolute atomic E-state index is 12.2. The molecule has 144 valence electrons. The number of rotatable bonds is 3. The van der Waals surface area contributed by atoms with Crippen molar-refractivity contribution in [3.63, 3.8) is 0 Å². The summed E-state index contributed by atoms with van der Waals surface area (Å²) < 4.78 is 1.62. The van der Waals surface area contributed by atoms with E-state index in [9.17, 15) is 14.9 Å². The van der Waals surface area contributed by atoms with Crippen LogP contribution in [-0.4, -0.2) is 10.4 Å². The molecule has 0 radical (unpaired) electrons. The van der Waals surface area contributed by atoms with Gasteiger partial charge in [-0.15, -0.1) is 0 Å². The fraction of sp³-hybridized carbons (Fsp3) is 0.240. The molecule has 0 aliphatic heterocycles. The van der Waals surface area contributed by atoms with Gasteiger partial charge in [0.15, 0.2) is 0 Å². The molecule has 4 nitrogen and oxygen atoms in total. The van der Waals surface area contributed by atoms with Gasteiger partial charge in [-0.1, -0.05) is 24.3 Å². The number of aromatic nitrogens is 1. The van der Waals surface area contributed by atoms with Gasteiger partial charge in [0.05, 0.1) is 11.6 Å². The van der Waals surface area contributed by atoms with Crippen LogP contribution in [0.5, 0.6) is 0 Å². The monoisotopic (exact) mass is 382 g/mol. The summed E-state index contributed by atoms with van der Waals surface area (Å²) >= 11 is 0. The summed E-state index contributed by atoms with van der Waals surface area (Å²) in [6.45, 7) is 1.83. The lowest BCUT2D eigenvalue weighted by atomic mass is 9.82. The van der Waals surface area contributed by atoms with Gasteiger partial charge in [-0.2, -0.15) is 5.26 Å². The molecule has 0 amide bonds. The van der Waals surface area contributed by atoms with Crippen molar-refractivity contribution in [2.75, 3.05) is 0 Å². The molecule has 0 saturated carbocycles. The molecule has 29 heavy (non-hydrogen) atoms. The first-order valence-electron chi connectivity index (χ1n) is 9.78. The van der Waals surface area contributed by atoms with Crippen molar-refractivity contribution in [3.05, 3.63) is 92.4 Å². The van der Waals surface area contributed by atoms with Crippen molar-refractivity contribution in [1.82, 2.24) is 4.57 Å². The van der Waals surface area contributed by atoms with Gasteiger partial charge < -0.3 is 4.57 Å². The van der Waals surface area contributed by atoms with Crippen LogP contribution in [0.25, 0.3) is 11.1 Å². The maximum atomic E-state index is 12.2. The molecule has 0 N–H and O–H groups in total. The van der Waals surface area contributed by atoms with Crippen molar-refractivity contribution in [1.29, 1.82) is 5.26 Å². The molecule has 0 bridgehead atoms. The lowest BCUT2D eigenvalue weighted by Gasteiger charge is -2.23. The second-order valence-corrected chi connectivity index (χ2v) is 7.76. The second-order valence-electron chi connectivity index (χ2n) is 7.76. The van der Waals surface area contributed by atoms with E-state index in [1.807, 2.05) is 37.4 Å². The number of carbonyl (C=O) groups excluding carboxylic acids is 1. The lowest BCUT2D eigenvalue weighted by Crippen LogP contribution is -2.19. The van der Waals surface area contributed by atoms with E-state index in [0.29, 0.717) is 30.4 Å². The van der Waals surface area contributed by atoms with Crippen LogP contribution in [0.4, 0.5) is 0 Å². The average molecular weight is 382 g/mol. The number of hydrogen-bond donors (Lipinski definition) is 0. The molecule has 4 rings (SSSR count). The Balaban J connectivity index is 1.91. The number of pyridine rings is 1. The maximum Gasteiger partial charge on any atom is 0.253 e. The van der Waals surface area contributed by atoms with E-state index in [0.717, 1.165) is 28.7 Å². The van der Waals surface area contributed by atoms with Gasteiger partial charge in [-0.3, -0.25) is 9.59 Å². The molecule has 4 heteroatoms. The van der Waals surface area contributed by atoms with E-state index < -0.39 is 0 Å². The normalized spacial score (nSPS) is 13.1. The SMILES string of the molecule is Cc1cc(-c2ccc3c(c2Cc2cccc(C#N)c2)CCC(=O)C3)cn(C)c1=O. The topological polar surface area (TPSA) is 62.9 Å². The van der Waals surface area contributed by atoms with Gasteiger partial charge in [0.1, 0.15) is 5.78 Å². The van der Waals surface area contributed by atoms with E-state index in [1.54, 1.807) is 17.7 Å². The number of nitriles is 1. The molecule has 1 aromatic heterocycles. The Labute approximate surface area is 170 Å². The van der Waals surface area contributed by atoms with Gasteiger partial charge in [0.2, 0.25) is 0 Å². The third-order valence-corrected chi connectivity index (χ3v) is 5.68. The predicted molar refractivity (Wildman–Crippen MR) is 113 cm³/mol. The lowest BCUT2D eigenvalue weighted by molar-refractivity contribution is -0.118. The summed E-state index contributed by atoms with van der Waals surface area (Å²) in [6, 6.07) is 15.9. The zero-order valence-corrected chi connectivity index (χ0v) is 16.7. The molecule has 0 fully saturated rings. The summed E-state index contributed by atoms with van der Waals surface area (Å²) in [5.41, 5.74) is 8.00. The Bertz CT molecular complexity index is 1200. The first-order valence-corrected chi connectivity index (χ1v) is 9.78. The predicted octanol–water partition coefficient (Wildman–Crippen LogP) is 3.88. The third-order valence-electron chi connectivity index (χ3n) is 5.68. The molecule has 1 aliphatic rings. The summed E-state index contributed by atoms with van der Waals surface area (Å²) in [5, 5.41) is 9.25. The summed E-state index contributed by atoms with van der Waals surface area (Å²) in [6.07, 6.45) is 4.34. The molecular weight excluding hydrogens is 360 g/mol. The standard InChI is InChI=1S/C25H22N2O2/c1-16-10-20(15-27(2)25(16)29)23-8-6-19-13-21(28)7-9-22(19)24(23)12-17-4-3-5-18(11-17)14-26/h3-6,8,10-11,15H,7,9,12-13H2,1-2H3. The van der Waals surface area contributed by atoms with Gasteiger partial charge in [-0.05, 0) is 71.3 Å². The minimum absolute atomic E-state index is 0.000535. The van der Waals surface area contributed by atoms with E-state index >= 15 is 0 Å². The Hall–Kier alpha value is -3.45. The fourth-order valence-electron chi connectivity index (χ4n) is 4.24. The Morgan fingerprint density at radius 2 is 1.93 bits per heavy atom. The number of nitrogens with zero attached hydrogens (tertiary/aromatic N) is 2. The van der Waals surface area contributed by atoms with Gasteiger partial charge in [0, 0.05) is 31.6 Å². The summed E-state index contributed by atoms with van der Waals surface area (Å²) in [4.78, 5) is 24.1. The summed E-state index contributed by atoms with van der Waals surface area (Å²) in [5.74, 6) is 0.278. The highest BCUT2D eigenvalue weighted by molar-refractivity contribution is 5.84. The number of hydrogen-bond acceptors (Lipinski definition) is 3. The highest BCUT2D eigenvalue weighted by Crippen LogP contribution is 2.33. The number of aryl methyl sites for hydroxylation is 2. The van der Waals surface area contributed by atoms with Crippen LogP contribution < -0.4 is 5.56 Å². The number of benzene rings is 2. The number of ketones is 1. The molecule has 0 unspecified atom stereocenters. The quantitative estimate of drug-likeness (QED) is 0.691. The van der Waals surface area contributed by atoms with Crippen molar-refractivity contribution in [3.8, 4) is 17.2 Å². The first kappa shape index (κ1) is 18.9. The van der Waals surface area contributed by atoms with Crippen LogP contribution in [0.3, 0.4) is 0 Å². The average Bonchev–Trinajstić information content (AvgIpc) is 2.71. The molecule has 3 aromatic rings. The van der Waals surface area contributed by atoms with Crippen molar-refractivity contribution in [2.45, 2.75) is 32.6 Å². The number of fused-ring (bicyclic) bond motifs is 1. The van der Waals surface area contributed by atoms with Gasteiger partial charge in [0.25, 0.3) is 5.56 Å². The van der Waals surface area contributed by atoms with Gasteiger partial charge in [-0.25, -0.2) is 0 Å². The third kappa shape index (κ3) is 3.64. The molecule has 2 aromatic carbocycles. The van der Waals surface area contributed by atoms with Crippen molar-refractivity contribution >= 4 is 5.78 Å². The highest BCUT2D eigenvalue weighted by Gasteiger charge is 2.22. The second kappa shape index (κ2) is 7.52. The molecular formula is C25H22N2O2. The minimum Gasteiger partial charge on any atom is -0.318 e. The molecule has 1 aliphatic carbocycles. The van der Waals surface area contributed by atoms with Crippen LogP contribution in [0.1, 0.15) is 39.8 Å². The molecule has 0 spiro atoms. The Morgan fingerprint density at radius 1 is 1.10 bits per heavy atom. The van der Waals surface area contributed by atoms with E-state index in [-0.39, 0.29) is 11.3 Å². The smallest absolute Gasteiger partial charge is 0.253 e. The molecule has 0 saturated heterocycles. The van der Waals surface area contributed by atoms with Crippen molar-refractivity contribution < 1.29 is 4.79 Å². The minimum atomic E-state index is 0.000535. The number of Topliss-reactive ketones (excluding diaryl/α,β-unsaturated/α-hetero) is 1. The largest absolute Gasteiger partial charge is 0.318 e. The van der Waals surface area contributed by atoms with E-state index in [4.69, 9.17) is 0 Å². The van der Waals surface area contributed by atoms with Crippen molar-refractivity contribution in [2.24, 2.45) is 7.05 Å². The molecule has 1 heterocycles. The van der Waals surface area contributed by atoms with E-state index in [1.165, 1.54) is 11.1 Å². The van der Waals surface area contributed by atoms with Crippen LogP contribution in [0, 0.1) is 18.3 Å². The summed E-state index contributed by atoms with van der Waals surface area (Å²) in [7, 11) is 1.77. The fourth-order valence-corrected chi connectivity index (χ4v) is 4.24. The Morgan fingerprint density at radius 3 is 2.69 bits per heavy atom. The van der Waals surface area contributed by atoms with Crippen LogP contribution in [-0.2, 0) is 31.1 Å². The van der Waals surface area contributed by atoms with Crippen LogP contribution in [0.15, 0.2) is 53.5 Å². The first-order chi connectivity index (χ1) is 14.0. The van der Waals surface area contributed by atoms with Crippen LogP contribution >= 0.6 is 0 Å². The number of carbonyl (C=O) groups is 1. The van der Waals surface area contributed by atoms with E-state index in [2.05, 4.69) is 18.2 Å². The highest BCUT2D eigenvalue weighted by atomic mass is 16.1. The zero-order valence-electron chi connectivity index (χ0n) is 16.7. The van der Waals surface area contributed by atoms with Crippen LogP contribution in [0.2, 0.25) is 0 Å². The zero-order chi connectivity index (χ0) is 20.5. The molecule has 0 atom stereocenters. The van der Waals surface area contributed by atoms with Gasteiger partial charge >= 0.3 is 0 Å². The Kier molecular flexibility index (Phi) is 4.90.